The lowest BCUT2D eigenvalue weighted by molar-refractivity contribution is -0.145. The molecule has 1 aliphatic heterocycles. The highest BCUT2D eigenvalue weighted by Crippen LogP contribution is 2.34. The van der Waals surface area contributed by atoms with Gasteiger partial charge in [-0.25, -0.2) is 4.79 Å². The monoisotopic (exact) mass is 493 g/mol. The zero-order valence-electron chi connectivity index (χ0n) is 20.4. The van der Waals surface area contributed by atoms with Gasteiger partial charge >= 0.3 is 12.1 Å². The summed E-state index contributed by atoms with van der Waals surface area (Å²) in [6.45, 7) is 4.20. The molecular weight excluding hydrogens is 462 g/mol. The predicted molar refractivity (Wildman–Crippen MR) is 134 cm³/mol. The molecule has 36 heavy (non-hydrogen) atoms. The van der Waals surface area contributed by atoms with Crippen LogP contribution in [0.5, 0.6) is 0 Å². The van der Waals surface area contributed by atoms with Gasteiger partial charge in [-0.1, -0.05) is 48.5 Å². The fraction of sp³-hybridized carbons (Fsp3) is 0.370. The first-order valence-corrected chi connectivity index (χ1v) is 12.2. The Morgan fingerprint density at radius 3 is 2.58 bits per heavy atom. The average molecular weight is 494 g/mol. The molecule has 0 fully saturated rings. The largest absolute Gasteiger partial charge is 0.507 e. The molecule has 0 saturated heterocycles. The van der Waals surface area contributed by atoms with E-state index in [1.807, 2.05) is 54.6 Å². The summed E-state index contributed by atoms with van der Waals surface area (Å²) in [5, 5.41) is 16.4. The molecule has 3 aromatic rings. The second kappa shape index (κ2) is 11.4. The molecule has 2 unspecified atom stereocenters. The predicted octanol–water partition coefficient (Wildman–Crippen LogP) is 3.66. The van der Waals surface area contributed by atoms with Crippen molar-refractivity contribution in [2.75, 3.05) is 13.2 Å². The Morgan fingerprint density at radius 2 is 1.86 bits per heavy atom. The number of esters is 1. The summed E-state index contributed by atoms with van der Waals surface area (Å²) in [5.74, 6) is -0.731. The Labute approximate surface area is 209 Å². The molecule has 4 rings (SSSR count). The van der Waals surface area contributed by atoms with Gasteiger partial charge in [-0.2, -0.15) is 0 Å². The van der Waals surface area contributed by atoms with Gasteiger partial charge in [-0.15, -0.1) is 0 Å². The van der Waals surface area contributed by atoms with E-state index in [0.717, 1.165) is 16.5 Å². The smallest absolute Gasteiger partial charge is 0.465 e. The van der Waals surface area contributed by atoms with Gasteiger partial charge in [0.25, 0.3) is 0 Å². The van der Waals surface area contributed by atoms with Crippen LogP contribution in [-0.2, 0) is 27.1 Å². The van der Waals surface area contributed by atoms with E-state index in [0.29, 0.717) is 37.0 Å². The standard InChI is InChI=1S/C27H31N3O6/c1-3-35-26(32)21(14-13-18-9-5-4-6-10-18)29-17(2)25(31)30-22-12-8-7-11-19(22)20-15-16-28-24(23(20)30)36-27(33)34/h4-12,17,21,24,28-29H,3,13-16H2,1-2H3,(H,33,34)/t17-,21?,24?/m0/s1. The molecule has 0 bridgehead atoms. The summed E-state index contributed by atoms with van der Waals surface area (Å²) in [6, 6.07) is 15.8. The van der Waals surface area contributed by atoms with Crippen molar-refractivity contribution in [1.82, 2.24) is 15.2 Å². The lowest BCUT2D eigenvalue weighted by Gasteiger charge is -2.27. The van der Waals surface area contributed by atoms with E-state index in [9.17, 15) is 19.5 Å². The molecule has 0 aliphatic carbocycles. The van der Waals surface area contributed by atoms with Crippen LogP contribution >= 0.6 is 0 Å². The number of aromatic nitrogens is 1. The van der Waals surface area contributed by atoms with E-state index in [1.165, 1.54) is 4.57 Å². The molecule has 3 atom stereocenters. The number of aryl methyl sites for hydroxylation is 1. The number of nitrogens with zero attached hydrogens (tertiary/aromatic N) is 1. The summed E-state index contributed by atoms with van der Waals surface area (Å²) in [4.78, 5) is 37.9. The van der Waals surface area contributed by atoms with Gasteiger partial charge in [0.1, 0.15) is 6.04 Å². The van der Waals surface area contributed by atoms with E-state index in [2.05, 4.69) is 10.6 Å². The van der Waals surface area contributed by atoms with E-state index in [1.54, 1.807) is 13.8 Å². The SMILES string of the molecule is CCOC(=O)C(CCc1ccccc1)N[C@@H](C)C(=O)n1c2c(c3ccccc31)CCNC2OC(=O)O. The summed E-state index contributed by atoms with van der Waals surface area (Å²) < 4.78 is 11.9. The number of carbonyl (C=O) groups excluding carboxylic acids is 2. The van der Waals surface area contributed by atoms with Gasteiger partial charge in [0.2, 0.25) is 5.91 Å². The first-order valence-electron chi connectivity index (χ1n) is 12.2. The summed E-state index contributed by atoms with van der Waals surface area (Å²) in [5.41, 5.74) is 3.10. The van der Waals surface area contributed by atoms with E-state index >= 15 is 0 Å². The Balaban J connectivity index is 1.63. The number of nitrogens with one attached hydrogen (secondary N) is 2. The number of rotatable bonds is 9. The average Bonchev–Trinajstić information content (AvgIpc) is 3.22. The van der Waals surface area contributed by atoms with Crippen LogP contribution in [0, 0.1) is 0 Å². The molecule has 2 heterocycles. The Morgan fingerprint density at radius 1 is 1.14 bits per heavy atom. The van der Waals surface area contributed by atoms with Gasteiger partial charge in [0.15, 0.2) is 6.23 Å². The third-order valence-corrected chi connectivity index (χ3v) is 6.37. The minimum Gasteiger partial charge on any atom is -0.465 e. The van der Waals surface area contributed by atoms with E-state index in [4.69, 9.17) is 9.47 Å². The first kappa shape index (κ1) is 25.4. The van der Waals surface area contributed by atoms with Crippen molar-refractivity contribution in [3.8, 4) is 0 Å². The topological polar surface area (TPSA) is 119 Å². The fourth-order valence-corrected chi connectivity index (χ4v) is 4.76. The van der Waals surface area contributed by atoms with Gasteiger partial charge < -0.3 is 14.6 Å². The van der Waals surface area contributed by atoms with Crippen LogP contribution < -0.4 is 10.6 Å². The lowest BCUT2D eigenvalue weighted by Crippen LogP contribution is -2.48. The zero-order valence-corrected chi connectivity index (χ0v) is 20.4. The van der Waals surface area contributed by atoms with E-state index < -0.39 is 30.4 Å². The molecule has 2 aromatic carbocycles. The maximum atomic E-state index is 13.8. The third-order valence-electron chi connectivity index (χ3n) is 6.37. The highest BCUT2D eigenvalue weighted by Gasteiger charge is 2.34. The second-order valence-electron chi connectivity index (χ2n) is 8.74. The van der Waals surface area contributed by atoms with Crippen molar-refractivity contribution in [2.45, 2.75) is 51.4 Å². The molecule has 3 N–H and O–H groups in total. The van der Waals surface area contributed by atoms with Crippen LogP contribution in [0.3, 0.4) is 0 Å². The molecular formula is C27H31N3O6. The number of benzene rings is 2. The molecule has 9 heteroatoms. The summed E-state index contributed by atoms with van der Waals surface area (Å²) >= 11 is 0. The number of fused-ring (bicyclic) bond motifs is 3. The summed E-state index contributed by atoms with van der Waals surface area (Å²) in [7, 11) is 0. The molecule has 9 nitrogen and oxygen atoms in total. The number of hydrogen-bond donors (Lipinski definition) is 3. The zero-order chi connectivity index (χ0) is 25.7. The highest BCUT2D eigenvalue weighted by molar-refractivity contribution is 5.98. The lowest BCUT2D eigenvalue weighted by atomic mass is 10.0. The quantitative estimate of drug-likeness (QED) is 0.387. The van der Waals surface area contributed by atoms with Gasteiger partial charge in [0.05, 0.1) is 23.9 Å². The highest BCUT2D eigenvalue weighted by atomic mass is 16.7. The maximum Gasteiger partial charge on any atom is 0.507 e. The number of para-hydroxylation sites is 1. The van der Waals surface area contributed by atoms with Crippen molar-refractivity contribution in [1.29, 1.82) is 0 Å². The minimum atomic E-state index is -1.43. The van der Waals surface area contributed by atoms with Crippen LogP contribution in [0.2, 0.25) is 0 Å². The molecule has 0 amide bonds. The van der Waals surface area contributed by atoms with Crippen LogP contribution in [-0.4, -0.2) is 52.9 Å². The summed E-state index contributed by atoms with van der Waals surface area (Å²) in [6.07, 6.45) is -0.691. The Kier molecular flexibility index (Phi) is 8.02. The van der Waals surface area contributed by atoms with Crippen LogP contribution in [0.15, 0.2) is 54.6 Å². The normalized spacial score (nSPS) is 16.7. The number of ether oxygens (including phenoxy) is 2. The van der Waals surface area contributed by atoms with Crippen molar-refractivity contribution in [3.05, 3.63) is 71.4 Å². The van der Waals surface area contributed by atoms with Gasteiger partial charge in [-0.3, -0.25) is 24.8 Å². The minimum absolute atomic E-state index is 0.236. The first-order chi connectivity index (χ1) is 17.4. The molecule has 0 radical (unpaired) electrons. The number of carboxylic acid groups (broad SMARTS) is 1. The second-order valence-corrected chi connectivity index (χ2v) is 8.74. The Bertz CT molecular complexity index is 1240. The van der Waals surface area contributed by atoms with Crippen molar-refractivity contribution >= 4 is 28.9 Å². The van der Waals surface area contributed by atoms with Crippen LogP contribution in [0.25, 0.3) is 10.9 Å². The van der Waals surface area contributed by atoms with Gasteiger partial charge in [0, 0.05) is 11.9 Å². The third kappa shape index (κ3) is 5.42. The van der Waals surface area contributed by atoms with Crippen LogP contribution in [0.4, 0.5) is 4.79 Å². The Hall–Kier alpha value is -3.69. The van der Waals surface area contributed by atoms with Crippen molar-refractivity contribution in [3.63, 3.8) is 0 Å². The fourth-order valence-electron chi connectivity index (χ4n) is 4.76. The van der Waals surface area contributed by atoms with Gasteiger partial charge in [-0.05, 0) is 50.3 Å². The maximum absolute atomic E-state index is 13.8. The number of hydrogen-bond acceptors (Lipinski definition) is 7. The molecule has 0 saturated carbocycles. The molecule has 1 aliphatic rings. The molecule has 190 valence electrons. The molecule has 1 aromatic heterocycles. The van der Waals surface area contributed by atoms with E-state index in [-0.39, 0.29) is 12.5 Å². The molecule has 0 spiro atoms. The van der Waals surface area contributed by atoms with Crippen LogP contribution in [0.1, 0.15) is 48.1 Å². The van der Waals surface area contributed by atoms with Crippen molar-refractivity contribution in [2.24, 2.45) is 0 Å². The number of carbonyl (C=O) groups is 3. The van der Waals surface area contributed by atoms with Crippen molar-refractivity contribution < 1.29 is 29.0 Å².